The molecule has 0 saturated heterocycles. The Morgan fingerprint density at radius 2 is 1.20 bits per heavy atom. The Bertz CT molecular complexity index is 187. The van der Waals surface area contributed by atoms with Gasteiger partial charge in [-0.1, -0.05) is 0 Å². The average molecular weight is 284 g/mol. The summed E-state index contributed by atoms with van der Waals surface area (Å²) in [5.41, 5.74) is -4.68. The summed E-state index contributed by atoms with van der Waals surface area (Å²) in [6.07, 6.45) is -11.5. The SMILES string of the molecule is CN(C)CC(O)(C(F)(F)F)C(F)(F)F.[Ni]. The third-order valence-corrected chi connectivity index (χ3v) is 1.48. The van der Waals surface area contributed by atoms with E-state index in [9.17, 15) is 26.3 Å². The molecule has 0 aromatic heterocycles. The number of hydrogen-bond donors (Lipinski definition) is 1. The second kappa shape index (κ2) is 4.88. The van der Waals surface area contributed by atoms with Crippen molar-refractivity contribution in [2.45, 2.75) is 18.0 Å². The molecule has 0 unspecified atom stereocenters. The van der Waals surface area contributed by atoms with E-state index >= 15 is 0 Å². The van der Waals surface area contributed by atoms with Crippen LogP contribution in [0.5, 0.6) is 0 Å². The third-order valence-electron chi connectivity index (χ3n) is 1.48. The number of rotatable bonds is 2. The fraction of sp³-hybridized carbons (Fsp3) is 1.00. The van der Waals surface area contributed by atoms with Crippen molar-refractivity contribution in [2.24, 2.45) is 0 Å². The minimum Gasteiger partial charge on any atom is -0.373 e. The van der Waals surface area contributed by atoms with Crippen molar-refractivity contribution in [3.63, 3.8) is 0 Å². The van der Waals surface area contributed by atoms with Crippen LogP contribution in [0.2, 0.25) is 0 Å². The van der Waals surface area contributed by atoms with Gasteiger partial charge in [-0.25, -0.2) is 0 Å². The van der Waals surface area contributed by atoms with Gasteiger partial charge < -0.3 is 10.0 Å². The van der Waals surface area contributed by atoms with Gasteiger partial charge in [0.15, 0.2) is 0 Å². The Morgan fingerprint density at radius 1 is 0.933 bits per heavy atom. The van der Waals surface area contributed by atoms with Crippen LogP contribution in [0, 0.1) is 0 Å². The molecule has 0 aliphatic carbocycles. The standard InChI is InChI=1S/C6H9F6NO.Ni/c1-13(2)3-4(14,5(7,8)9)6(10,11)12;/h14H,3H2,1-2H3;. The molecule has 1 N–H and O–H groups in total. The van der Waals surface area contributed by atoms with Gasteiger partial charge in [0.2, 0.25) is 0 Å². The van der Waals surface area contributed by atoms with Gasteiger partial charge in [0.05, 0.1) is 0 Å². The number of aliphatic hydroxyl groups is 1. The van der Waals surface area contributed by atoms with E-state index < -0.39 is 24.5 Å². The van der Waals surface area contributed by atoms with Gasteiger partial charge in [0.25, 0.3) is 5.60 Å². The van der Waals surface area contributed by atoms with E-state index in [4.69, 9.17) is 5.11 Å². The second-order valence-corrected chi connectivity index (χ2v) is 3.09. The van der Waals surface area contributed by atoms with Gasteiger partial charge in [-0.05, 0) is 14.1 Å². The first-order valence-electron chi connectivity index (χ1n) is 3.42. The first-order chi connectivity index (χ1) is 5.92. The molecule has 2 nitrogen and oxygen atoms in total. The molecule has 0 bridgehead atoms. The monoisotopic (exact) mass is 283 g/mol. The van der Waals surface area contributed by atoms with Gasteiger partial charge in [-0.15, -0.1) is 0 Å². The van der Waals surface area contributed by atoms with Crippen molar-refractivity contribution >= 4 is 0 Å². The summed E-state index contributed by atoms with van der Waals surface area (Å²) in [5, 5.41) is 8.56. The predicted octanol–water partition coefficient (Wildman–Crippen LogP) is 1.40. The molecule has 0 amide bonds. The van der Waals surface area contributed by atoms with Crippen LogP contribution in [0.3, 0.4) is 0 Å². The Hall–Kier alpha value is -0.00649. The van der Waals surface area contributed by atoms with E-state index in [1.165, 1.54) is 0 Å². The van der Waals surface area contributed by atoms with Gasteiger partial charge in [-0.3, -0.25) is 0 Å². The van der Waals surface area contributed by atoms with Crippen LogP contribution < -0.4 is 0 Å². The summed E-state index contributed by atoms with van der Waals surface area (Å²) in [5.74, 6) is 0. The largest absolute Gasteiger partial charge is 0.427 e. The van der Waals surface area contributed by atoms with E-state index in [1.54, 1.807) is 0 Å². The molecule has 0 spiro atoms. The molecule has 96 valence electrons. The van der Waals surface area contributed by atoms with Crippen molar-refractivity contribution in [1.82, 2.24) is 4.90 Å². The van der Waals surface area contributed by atoms with Gasteiger partial charge in [0.1, 0.15) is 0 Å². The quantitative estimate of drug-likeness (QED) is 0.612. The topological polar surface area (TPSA) is 23.5 Å². The fourth-order valence-electron chi connectivity index (χ4n) is 0.798. The maximum Gasteiger partial charge on any atom is 0.427 e. The van der Waals surface area contributed by atoms with Crippen LogP contribution >= 0.6 is 0 Å². The third kappa shape index (κ3) is 3.81. The Labute approximate surface area is 92.2 Å². The predicted molar refractivity (Wildman–Crippen MR) is 35.6 cm³/mol. The molecule has 0 aromatic rings. The van der Waals surface area contributed by atoms with Crippen molar-refractivity contribution < 1.29 is 47.9 Å². The zero-order valence-electron chi connectivity index (χ0n) is 7.69. The average Bonchev–Trinajstić information content (AvgIpc) is 1.79. The summed E-state index contributed by atoms with van der Waals surface area (Å²) in [6.45, 7) is -1.56. The molecule has 0 radical (unpaired) electrons. The number of nitrogens with zero attached hydrogens (tertiary/aromatic N) is 1. The summed E-state index contributed by atoms with van der Waals surface area (Å²) in [6, 6.07) is 0. The molecular formula is C6H9F6NNiO. The van der Waals surface area contributed by atoms with Crippen molar-refractivity contribution in [1.29, 1.82) is 0 Å². The number of hydrogen-bond acceptors (Lipinski definition) is 2. The summed E-state index contributed by atoms with van der Waals surface area (Å²) >= 11 is 0. The molecule has 15 heavy (non-hydrogen) atoms. The number of likely N-dealkylation sites (N-methyl/N-ethyl adjacent to an activating group) is 1. The maximum absolute atomic E-state index is 12.0. The van der Waals surface area contributed by atoms with Crippen LogP contribution in [-0.2, 0) is 16.5 Å². The molecule has 0 heterocycles. The Balaban J connectivity index is 0. The summed E-state index contributed by atoms with van der Waals surface area (Å²) < 4.78 is 71.8. The first kappa shape index (κ1) is 17.4. The number of alkyl halides is 6. The molecule has 0 aliphatic heterocycles. The van der Waals surface area contributed by atoms with E-state index in [0.717, 1.165) is 14.1 Å². The van der Waals surface area contributed by atoms with Crippen molar-refractivity contribution in [2.75, 3.05) is 20.6 Å². The van der Waals surface area contributed by atoms with Crippen molar-refractivity contribution in [3.05, 3.63) is 0 Å². The van der Waals surface area contributed by atoms with Gasteiger partial charge in [0, 0.05) is 23.0 Å². The first-order valence-corrected chi connectivity index (χ1v) is 3.42. The Morgan fingerprint density at radius 3 is 1.27 bits per heavy atom. The van der Waals surface area contributed by atoms with Crippen molar-refractivity contribution in [3.8, 4) is 0 Å². The Kier molecular flexibility index (Phi) is 5.66. The van der Waals surface area contributed by atoms with Crippen LogP contribution in [0.4, 0.5) is 26.3 Å². The molecule has 0 saturated carbocycles. The molecule has 0 atom stereocenters. The minimum absolute atomic E-state index is 0. The zero-order valence-corrected chi connectivity index (χ0v) is 8.67. The smallest absolute Gasteiger partial charge is 0.373 e. The van der Waals surface area contributed by atoms with E-state index in [1.807, 2.05) is 0 Å². The molecule has 0 rings (SSSR count). The summed E-state index contributed by atoms with van der Waals surface area (Å²) in [7, 11) is 2.00. The van der Waals surface area contributed by atoms with Crippen LogP contribution in [0.25, 0.3) is 0 Å². The molecular weight excluding hydrogens is 275 g/mol. The molecule has 0 fully saturated rings. The minimum atomic E-state index is -5.74. The summed E-state index contributed by atoms with van der Waals surface area (Å²) in [4.78, 5) is 0.612. The van der Waals surface area contributed by atoms with Gasteiger partial charge in [-0.2, -0.15) is 26.3 Å². The van der Waals surface area contributed by atoms with E-state index in [0.29, 0.717) is 4.90 Å². The second-order valence-electron chi connectivity index (χ2n) is 3.09. The van der Waals surface area contributed by atoms with Gasteiger partial charge >= 0.3 is 12.4 Å². The normalized spacial score (nSPS) is 14.0. The molecule has 0 aromatic carbocycles. The van der Waals surface area contributed by atoms with Crippen LogP contribution in [0.1, 0.15) is 0 Å². The maximum atomic E-state index is 12.0. The van der Waals surface area contributed by atoms with Crippen LogP contribution in [0.15, 0.2) is 0 Å². The van der Waals surface area contributed by atoms with E-state index in [-0.39, 0.29) is 16.5 Å². The molecule has 0 aliphatic rings. The van der Waals surface area contributed by atoms with E-state index in [2.05, 4.69) is 0 Å². The van der Waals surface area contributed by atoms with Crippen LogP contribution in [-0.4, -0.2) is 48.6 Å². The zero-order chi connectivity index (χ0) is 11.8. The fourth-order valence-corrected chi connectivity index (χ4v) is 0.798. The number of halogens is 6. The molecule has 9 heteroatoms.